The number of nitrogens with one attached hydrogen (secondary N) is 1. The number of hydrogen-bond donors (Lipinski definition) is 1. The van der Waals surface area contributed by atoms with Gasteiger partial charge in [0, 0.05) is 34.8 Å². The van der Waals surface area contributed by atoms with Gasteiger partial charge in [0.25, 0.3) is 0 Å². The summed E-state index contributed by atoms with van der Waals surface area (Å²) in [5, 5.41) is 2.28. The highest BCUT2D eigenvalue weighted by atomic mass is 16.7. The number of alkyl carbamates (subject to hydrolysis) is 1. The molecule has 1 aliphatic heterocycles. The zero-order chi connectivity index (χ0) is 32.4. The van der Waals surface area contributed by atoms with Crippen molar-refractivity contribution in [2.24, 2.45) is 0 Å². The Morgan fingerprint density at radius 2 is 1.40 bits per heavy atom. The molecule has 1 saturated heterocycles. The van der Waals surface area contributed by atoms with Gasteiger partial charge in [-0.15, -0.1) is 0 Å². The van der Waals surface area contributed by atoms with Crippen LogP contribution in [0.3, 0.4) is 0 Å². The molecule has 1 heterocycles. The van der Waals surface area contributed by atoms with Crippen molar-refractivity contribution in [1.29, 1.82) is 0 Å². The van der Waals surface area contributed by atoms with Crippen LogP contribution < -0.4 is 5.32 Å². The molecule has 0 aromatic rings. The third-order valence-electron chi connectivity index (χ3n) is 5.19. The Bertz CT molecular complexity index is 955. The van der Waals surface area contributed by atoms with E-state index >= 15 is 0 Å². The van der Waals surface area contributed by atoms with Crippen molar-refractivity contribution < 1.29 is 76.1 Å². The van der Waals surface area contributed by atoms with Crippen LogP contribution in [-0.4, -0.2) is 126 Å². The average Bonchev–Trinajstić information content (AvgIpc) is 2.92. The summed E-state index contributed by atoms with van der Waals surface area (Å²) < 4.78 is 52.6. The monoisotopic (exact) mass is 621 g/mol. The topological polar surface area (TPSA) is 207 Å². The molecule has 0 aliphatic carbocycles. The van der Waals surface area contributed by atoms with Gasteiger partial charge < -0.3 is 52.7 Å². The van der Waals surface area contributed by atoms with Crippen molar-refractivity contribution in [3.8, 4) is 0 Å². The molecule has 0 spiro atoms. The molecule has 1 rings (SSSR count). The Morgan fingerprint density at radius 1 is 0.791 bits per heavy atom. The second-order valence-electron chi connectivity index (χ2n) is 8.76. The van der Waals surface area contributed by atoms with Crippen LogP contribution in [-0.2, 0) is 71.3 Å². The molecule has 1 fully saturated rings. The van der Waals surface area contributed by atoms with E-state index in [0.29, 0.717) is 6.61 Å². The maximum Gasteiger partial charge on any atom is 0.408 e. The number of methoxy groups -OCH3 is 1. The van der Waals surface area contributed by atoms with E-state index in [4.69, 9.17) is 47.4 Å². The summed E-state index contributed by atoms with van der Waals surface area (Å²) in [7, 11) is 1.50. The lowest BCUT2D eigenvalue weighted by molar-refractivity contribution is -0.308. The van der Waals surface area contributed by atoms with Crippen LogP contribution in [0.5, 0.6) is 0 Å². The first-order valence-electron chi connectivity index (χ1n) is 13.1. The fourth-order valence-corrected chi connectivity index (χ4v) is 3.55. The lowest BCUT2D eigenvalue weighted by Crippen LogP contribution is -2.63. The lowest BCUT2D eigenvalue weighted by atomic mass is 9.98. The Balaban J connectivity index is 3.24. The van der Waals surface area contributed by atoms with Crippen LogP contribution in [0.4, 0.5) is 4.79 Å². The van der Waals surface area contributed by atoms with Crippen LogP contribution in [0, 0.1) is 0 Å². The van der Waals surface area contributed by atoms with Gasteiger partial charge in [0.05, 0.1) is 26.4 Å². The normalized spacial score (nSPS) is 21.8. The third kappa shape index (κ3) is 14.8. The molecule has 1 aliphatic rings. The first-order chi connectivity index (χ1) is 20.4. The number of carbonyl (C=O) groups is 6. The average molecular weight is 622 g/mol. The summed E-state index contributed by atoms with van der Waals surface area (Å²) in [5.41, 5.74) is 0. The SMILES string of the molecule is C=CCOC(=O)N[C@@H](CO[C@H]1O[C@H](COC(C)=O)[C@@H](OC(C)=O)[C@H](OC(C)=O)[C@H]1OC(C)=O)C(=O)OCCOCCOC. The maximum absolute atomic E-state index is 12.8. The Labute approximate surface area is 248 Å². The second kappa shape index (κ2) is 20.2. The van der Waals surface area contributed by atoms with E-state index in [1.807, 2.05) is 0 Å². The minimum Gasteiger partial charge on any atom is -0.463 e. The molecule has 17 nitrogen and oxygen atoms in total. The smallest absolute Gasteiger partial charge is 0.408 e. The lowest BCUT2D eigenvalue weighted by Gasteiger charge is -2.44. The molecule has 0 aromatic carbocycles. The first kappa shape index (κ1) is 37.2. The molecule has 1 N–H and O–H groups in total. The predicted molar refractivity (Wildman–Crippen MR) is 140 cm³/mol. The van der Waals surface area contributed by atoms with Crippen LogP contribution in [0.15, 0.2) is 12.7 Å². The summed E-state index contributed by atoms with van der Waals surface area (Å²) in [4.78, 5) is 72.4. The predicted octanol–water partition coefficient (Wildman–Crippen LogP) is -0.427. The first-order valence-corrected chi connectivity index (χ1v) is 13.1. The van der Waals surface area contributed by atoms with Crippen molar-refractivity contribution in [2.45, 2.75) is 64.4 Å². The molecule has 244 valence electrons. The van der Waals surface area contributed by atoms with Gasteiger partial charge in [-0.25, -0.2) is 9.59 Å². The standard InChI is InChI=1S/C26H39NO16/c1-7-8-37-26(33)27-19(24(32)36-12-11-35-10-9-34-6)13-39-25-23(42-18(5)31)22(41-17(4)30)21(40-16(3)29)20(43-25)14-38-15(2)28/h7,19-23,25H,1,8-14H2,2-6H3,(H,27,33)/t19-,20+,21+,22-,23+,25-/m0/s1. The Kier molecular flexibility index (Phi) is 17.5. The van der Waals surface area contributed by atoms with E-state index in [1.54, 1.807) is 0 Å². The van der Waals surface area contributed by atoms with E-state index < -0.39 is 85.9 Å². The fraction of sp³-hybridized carbons (Fsp3) is 0.692. The van der Waals surface area contributed by atoms with Gasteiger partial charge in [-0.3, -0.25) is 19.2 Å². The van der Waals surface area contributed by atoms with Crippen LogP contribution in [0.25, 0.3) is 0 Å². The van der Waals surface area contributed by atoms with Gasteiger partial charge >= 0.3 is 35.9 Å². The highest BCUT2D eigenvalue weighted by Gasteiger charge is 2.53. The van der Waals surface area contributed by atoms with Gasteiger partial charge in [0.2, 0.25) is 0 Å². The molecular formula is C26H39NO16. The quantitative estimate of drug-likeness (QED) is 0.0892. The van der Waals surface area contributed by atoms with E-state index in [1.165, 1.54) is 13.2 Å². The third-order valence-corrected chi connectivity index (χ3v) is 5.19. The molecule has 43 heavy (non-hydrogen) atoms. The highest BCUT2D eigenvalue weighted by molar-refractivity contribution is 5.81. The van der Waals surface area contributed by atoms with Gasteiger partial charge in [-0.1, -0.05) is 12.7 Å². The zero-order valence-corrected chi connectivity index (χ0v) is 24.7. The van der Waals surface area contributed by atoms with Gasteiger partial charge in [0.15, 0.2) is 30.6 Å². The molecule has 17 heteroatoms. The number of esters is 5. The van der Waals surface area contributed by atoms with Gasteiger partial charge in [0.1, 0.15) is 25.9 Å². The van der Waals surface area contributed by atoms with E-state index in [2.05, 4.69) is 11.9 Å². The van der Waals surface area contributed by atoms with E-state index in [0.717, 1.165) is 27.7 Å². The number of carbonyl (C=O) groups excluding carboxylic acids is 6. The summed E-state index contributed by atoms with van der Waals surface area (Å²) in [6, 6.07) is -1.48. The molecule has 0 unspecified atom stereocenters. The number of ether oxygens (including phenoxy) is 10. The highest BCUT2D eigenvalue weighted by Crippen LogP contribution is 2.30. The fourth-order valence-electron chi connectivity index (χ4n) is 3.55. The Morgan fingerprint density at radius 3 is 1.98 bits per heavy atom. The van der Waals surface area contributed by atoms with Crippen molar-refractivity contribution >= 4 is 35.9 Å². The summed E-state index contributed by atoms with van der Waals surface area (Å²) in [6.45, 7) is 6.90. The largest absolute Gasteiger partial charge is 0.463 e. The van der Waals surface area contributed by atoms with Gasteiger partial charge in [-0.05, 0) is 0 Å². The molecule has 0 aromatic heterocycles. The molecule has 0 bridgehead atoms. The Hall–Kier alpha value is -3.80. The summed E-state index contributed by atoms with van der Waals surface area (Å²) in [6.07, 6.45) is -7.03. The number of rotatable bonds is 18. The zero-order valence-electron chi connectivity index (χ0n) is 24.7. The molecule has 6 atom stereocenters. The number of amides is 1. The second-order valence-corrected chi connectivity index (χ2v) is 8.76. The molecule has 1 amide bonds. The maximum atomic E-state index is 12.8. The van der Waals surface area contributed by atoms with Crippen molar-refractivity contribution in [3.05, 3.63) is 12.7 Å². The van der Waals surface area contributed by atoms with Crippen LogP contribution in [0.1, 0.15) is 27.7 Å². The molecule has 0 saturated carbocycles. The minimum absolute atomic E-state index is 0.0310. The van der Waals surface area contributed by atoms with E-state index in [9.17, 15) is 28.8 Å². The van der Waals surface area contributed by atoms with Gasteiger partial charge in [-0.2, -0.15) is 0 Å². The van der Waals surface area contributed by atoms with Crippen molar-refractivity contribution in [1.82, 2.24) is 5.32 Å². The van der Waals surface area contributed by atoms with Crippen molar-refractivity contribution in [3.63, 3.8) is 0 Å². The summed E-state index contributed by atoms with van der Waals surface area (Å²) >= 11 is 0. The number of hydrogen-bond acceptors (Lipinski definition) is 16. The van der Waals surface area contributed by atoms with Crippen molar-refractivity contribution in [2.75, 3.05) is 53.4 Å². The molecular weight excluding hydrogens is 582 g/mol. The van der Waals surface area contributed by atoms with E-state index in [-0.39, 0.29) is 26.4 Å². The summed E-state index contributed by atoms with van der Waals surface area (Å²) in [5.74, 6) is -4.15. The van der Waals surface area contributed by atoms with Crippen LogP contribution >= 0.6 is 0 Å². The van der Waals surface area contributed by atoms with Crippen LogP contribution in [0.2, 0.25) is 0 Å². The minimum atomic E-state index is -1.60. The molecule has 0 radical (unpaired) electrons.